The zero-order chi connectivity index (χ0) is 30.4. The molecular weight excluding hydrogens is 538 g/mol. The van der Waals surface area contributed by atoms with Crippen LogP contribution in [0, 0.1) is 23.2 Å². The van der Waals surface area contributed by atoms with Crippen LogP contribution in [0.25, 0.3) is 0 Å². The summed E-state index contributed by atoms with van der Waals surface area (Å²) in [6.45, 7) is 9.85. The van der Waals surface area contributed by atoms with Crippen molar-refractivity contribution < 1.29 is 9.53 Å². The summed E-state index contributed by atoms with van der Waals surface area (Å²) in [4.78, 5) is 21.4. The lowest BCUT2D eigenvalue weighted by molar-refractivity contribution is 0.102. The quantitative estimate of drug-likeness (QED) is 0.372. The number of rotatable bonds is 8. The first-order valence-electron chi connectivity index (χ1n) is 15.6. The van der Waals surface area contributed by atoms with Crippen molar-refractivity contribution >= 4 is 11.6 Å². The van der Waals surface area contributed by atoms with Crippen molar-refractivity contribution in [2.24, 2.45) is 18.9 Å². The number of fused-ring (bicyclic) bond motifs is 1. The number of hydrogen-bond acceptors (Lipinski definition) is 7. The Hall–Kier alpha value is -3.77. The molecule has 3 aromatic rings. The van der Waals surface area contributed by atoms with E-state index in [0.717, 1.165) is 62.4 Å². The highest BCUT2D eigenvalue weighted by molar-refractivity contribution is 6.03. The number of piperidine rings is 1. The molecule has 1 aliphatic heterocycles. The second-order valence-electron chi connectivity index (χ2n) is 13.7. The molecule has 1 amide bonds. The number of aromatic nitrogens is 4. The van der Waals surface area contributed by atoms with Crippen molar-refractivity contribution in [2.45, 2.75) is 83.1 Å². The molecule has 2 fully saturated rings. The minimum Gasteiger partial charge on any atom is -0.497 e. The van der Waals surface area contributed by atoms with Gasteiger partial charge < -0.3 is 14.6 Å². The van der Waals surface area contributed by atoms with Crippen LogP contribution in [0.2, 0.25) is 0 Å². The van der Waals surface area contributed by atoms with E-state index in [2.05, 4.69) is 47.3 Å². The summed E-state index contributed by atoms with van der Waals surface area (Å²) >= 11 is 0. The van der Waals surface area contributed by atoms with Crippen molar-refractivity contribution in [1.29, 1.82) is 5.26 Å². The monoisotopic (exact) mass is 581 g/mol. The van der Waals surface area contributed by atoms with Gasteiger partial charge in [0, 0.05) is 43.7 Å². The summed E-state index contributed by atoms with van der Waals surface area (Å²) in [7, 11) is 3.58. The number of amides is 1. The van der Waals surface area contributed by atoms with Gasteiger partial charge in [0.25, 0.3) is 5.91 Å². The fourth-order valence-electron chi connectivity index (χ4n) is 7.67. The van der Waals surface area contributed by atoms with Crippen LogP contribution in [0.15, 0.2) is 30.6 Å². The molecule has 0 spiro atoms. The minimum atomic E-state index is -0.407. The summed E-state index contributed by atoms with van der Waals surface area (Å²) in [6, 6.07) is 10.2. The van der Waals surface area contributed by atoms with Crippen molar-refractivity contribution in [1.82, 2.24) is 24.6 Å². The Kier molecular flexibility index (Phi) is 7.76. The van der Waals surface area contributed by atoms with Crippen LogP contribution in [0.3, 0.4) is 0 Å². The first kappa shape index (κ1) is 29.3. The predicted molar refractivity (Wildman–Crippen MR) is 165 cm³/mol. The molecule has 1 saturated heterocycles. The second kappa shape index (κ2) is 11.4. The van der Waals surface area contributed by atoms with Gasteiger partial charge in [0.05, 0.1) is 24.3 Å². The Balaban J connectivity index is 1.33. The first-order chi connectivity index (χ1) is 20.6. The topological polar surface area (TPSA) is 109 Å². The number of nitrogens with zero attached hydrogens (tertiary/aromatic N) is 6. The Labute approximate surface area is 254 Å². The number of nitriles is 1. The number of hydrogen-bond donors (Lipinski definition) is 1. The normalized spacial score (nSPS) is 24.6. The fraction of sp³-hybridized carbons (Fsp3) is 0.559. The Morgan fingerprint density at radius 1 is 1.23 bits per heavy atom. The number of aryl methyl sites for hydroxylation is 1. The molecule has 2 aromatic heterocycles. The predicted octanol–water partition coefficient (Wildman–Crippen LogP) is 5.54. The average Bonchev–Trinajstić information content (AvgIpc) is 3.52. The Bertz CT molecular complexity index is 1560. The van der Waals surface area contributed by atoms with Crippen molar-refractivity contribution in [3.63, 3.8) is 0 Å². The molecule has 226 valence electrons. The van der Waals surface area contributed by atoms with Gasteiger partial charge in [-0.3, -0.25) is 9.69 Å². The van der Waals surface area contributed by atoms with E-state index in [1.807, 2.05) is 35.9 Å². The van der Waals surface area contributed by atoms with E-state index in [-0.39, 0.29) is 17.2 Å². The molecule has 0 radical (unpaired) electrons. The highest BCUT2D eigenvalue weighted by Crippen LogP contribution is 2.53. The maximum Gasteiger partial charge on any atom is 0.274 e. The van der Waals surface area contributed by atoms with Gasteiger partial charge in [0.2, 0.25) is 0 Å². The van der Waals surface area contributed by atoms with E-state index in [9.17, 15) is 10.1 Å². The lowest BCUT2D eigenvalue weighted by Crippen LogP contribution is -2.44. The number of ether oxygens (including phenoxy) is 1. The largest absolute Gasteiger partial charge is 0.497 e. The molecule has 9 nitrogen and oxygen atoms in total. The lowest BCUT2D eigenvalue weighted by atomic mass is 9.57. The van der Waals surface area contributed by atoms with Crippen molar-refractivity contribution in [3.05, 3.63) is 64.5 Å². The van der Waals surface area contributed by atoms with Crippen LogP contribution in [0.1, 0.15) is 98.0 Å². The van der Waals surface area contributed by atoms with E-state index < -0.39 is 5.41 Å². The third-order valence-corrected chi connectivity index (χ3v) is 9.97. The summed E-state index contributed by atoms with van der Waals surface area (Å²) in [5.41, 5.74) is 5.25. The number of benzene rings is 1. The van der Waals surface area contributed by atoms with Crippen LogP contribution in [-0.4, -0.2) is 50.8 Å². The van der Waals surface area contributed by atoms with Crippen LogP contribution in [0.5, 0.6) is 5.75 Å². The van der Waals surface area contributed by atoms with Gasteiger partial charge in [-0.05, 0) is 91.8 Å². The zero-order valence-electron chi connectivity index (χ0n) is 26.1. The molecule has 1 aromatic carbocycles. The van der Waals surface area contributed by atoms with E-state index in [4.69, 9.17) is 9.72 Å². The standard InChI is InChI=1S/C34H43N7O2/c1-22-7-6-12-41(19-22)20-24-13-29(38-30-28(24)8-10-33(30,2)3)31(42)37-26-14-25(15-27(16-26)43-5)34(17-23(18-34)9-11-35)32-39-36-21-40(32)4/h13-16,21-23H,6-10,12,17-20H2,1-5H3,(H,37,42)/t22-,23?,34?/m0/s1. The molecule has 43 heavy (non-hydrogen) atoms. The van der Waals surface area contributed by atoms with Crippen molar-refractivity contribution in [2.75, 3.05) is 25.5 Å². The third kappa shape index (κ3) is 5.53. The molecule has 0 bridgehead atoms. The number of anilines is 1. The van der Waals surface area contributed by atoms with Gasteiger partial charge in [-0.1, -0.05) is 20.8 Å². The summed E-state index contributed by atoms with van der Waals surface area (Å²) in [6.07, 6.45) is 8.34. The third-order valence-electron chi connectivity index (χ3n) is 9.97. The summed E-state index contributed by atoms with van der Waals surface area (Å²) < 4.78 is 7.65. The van der Waals surface area contributed by atoms with Gasteiger partial charge in [-0.2, -0.15) is 5.26 Å². The van der Waals surface area contributed by atoms with Crippen LogP contribution >= 0.6 is 0 Å². The van der Waals surface area contributed by atoms with Gasteiger partial charge in [0.15, 0.2) is 0 Å². The van der Waals surface area contributed by atoms with Gasteiger partial charge >= 0.3 is 0 Å². The average molecular weight is 582 g/mol. The maximum absolute atomic E-state index is 13.9. The van der Waals surface area contributed by atoms with Gasteiger partial charge in [0.1, 0.15) is 23.6 Å². The molecule has 1 atom stereocenters. The molecule has 9 heteroatoms. The van der Waals surface area contributed by atoms with E-state index in [1.54, 1.807) is 13.4 Å². The Morgan fingerprint density at radius 3 is 2.74 bits per heavy atom. The van der Waals surface area contributed by atoms with Crippen LogP contribution in [-0.2, 0) is 30.8 Å². The molecule has 0 unspecified atom stereocenters. The first-order valence-corrected chi connectivity index (χ1v) is 15.6. The number of carbonyl (C=O) groups is 1. The number of likely N-dealkylation sites (tertiary alicyclic amines) is 1. The highest BCUT2D eigenvalue weighted by Gasteiger charge is 2.50. The lowest BCUT2D eigenvalue weighted by Gasteiger charge is -2.46. The number of nitrogens with one attached hydrogen (secondary N) is 1. The van der Waals surface area contributed by atoms with E-state index >= 15 is 0 Å². The fourth-order valence-corrected chi connectivity index (χ4v) is 7.67. The number of methoxy groups -OCH3 is 1. The summed E-state index contributed by atoms with van der Waals surface area (Å²) in [5.74, 6) is 2.26. The SMILES string of the molecule is COc1cc(NC(=O)c2cc(CN3CCC[C@H](C)C3)c3c(n2)C(C)(C)CC3)cc(C2(c3nncn3C)CC(CC#N)C2)c1. The summed E-state index contributed by atoms with van der Waals surface area (Å²) in [5, 5.41) is 21.1. The van der Waals surface area contributed by atoms with Crippen LogP contribution in [0.4, 0.5) is 5.69 Å². The molecule has 1 saturated carbocycles. The number of carbonyl (C=O) groups excluding carboxylic acids is 1. The molecule has 2 aliphatic carbocycles. The Morgan fingerprint density at radius 2 is 2.05 bits per heavy atom. The molecule has 1 N–H and O–H groups in total. The van der Waals surface area contributed by atoms with E-state index in [0.29, 0.717) is 29.5 Å². The minimum absolute atomic E-state index is 0.0641. The molecule has 6 rings (SSSR count). The molecule has 3 aliphatic rings. The maximum atomic E-state index is 13.9. The van der Waals surface area contributed by atoms with Crippen molar-refractivity contribution in [3.8, 4) is 11.8 Å². The smallest absolute Gasteiger partial charge is 0.274 e. The number of pyridine rings is 1. The highest BCUT2D eigenvalue weighted by atomic mass is 16.5. The molecule has 3 heterocycles. The van der Waals surface area contributed by atoms with E-state index in [1.165, 1.54) is 24.0 Å². The zero-order valence-corrected chi connectivity index (χ0v) is 26.1. The van der Waals surface area contributed by atoms with Gasteiger partial charge in [-0.25, -0.2) is 4.98 Å². The molecular formula is C34H43N7O2. The van der Waals surface area contributed by atoms with Gasteiger partial charge in [-0.15, -0.1) is 10.2 Å². The van der Waals surface area contributed by atoms with Crippen LogP contribution < -0.4 is 10.1 Å². The second-order valence-corrected chi connectivity index (χ2v) is 13.7.